The average Bonchev–Trinajstić information content (AvgIpc) is 2.90. The van der Waals surface area contributed by atoms with Crippen LogP contribution in [0, 0.1) is 0 Å². The fourth-order valence-corrected chi connectivity index (χ4v) is 3.03. The van der Waals surface area contributed by atoms with Crippen LogP contribution in [0.4, 0.5) is 0 Å². The standard InChI is InChI=1S/C15H13N3O2S/c19-21(20,13-7-2-1-3-8-13)12-6-11-18-16-14-9-4-5-10-15(14)17-18/h1-11H,12H2. The van der Waals surface area contributed by atoms with Gasteiger partial charge in [0.05, 0.1) is 10.6 Å². The molecule has 1 heterocycles. The summed E-state index contributed by atoms with van der Waals surface area (Å²) in [5, 5.41) is 8.46. The van der Waals surface area contributed by atoms with E-state index < -0.39 is 9.84 Å². The highest BCUT2D eigenvalue weighted by Crippen LogP contribution is 2.11. The Morgan fingerprint density at radius 3 is 2.10 bits per heavy atom. The van der Waals surface area contributed by atoms with E-state index in [-0.39, 0.29) is 5.75 Å². The molecule has 6 heteroatoms. The molecule has 1 aromatic heterocycles. The van der Waals surface area contributed by atoms with Gasteiger partial charge in [0.15, 0.2) is 9.84 Å². The fraction of sp³-hybridized carbons (Fsp3) is 0.0667. The largest absolute Gasteiger partial charge is 0.223 e. The third-order valence-electron chi connectivity index (χ3n) is 2.96. The molecule has 2 aromatic carbocycles. The van der Waals surface area contributed by atoms with Crippen LogP contribution in [-0.4, -0.2) is 29.2 Å². The van der Waals surface area contributed by atoms with E-state index in [1.54, 1.807) is 42.6 Å². The van der Waals surface area contributed by atoms with Crippen molar-refractivity contribution < 1.29 is 8.42 Å². The Labute approximate surface area is 122 Å². The molecule has 3 aromatic rings. The van der Waals surface area contributed by atoms with Crippen LogP contribution in [0.25, 0.3) is 17.2 Å². The molecule has 3 rings (SSSR count). The molecule has 0 spiro atoms. The second-order valence-corrected chi connectivity index (χ2v) is 6.52. The van der Waals surface area contributed by atoms with Gasteiger partial charge in [-0.3, -0.25) is 0 Å². The average molecular weight is 299 g/mol. The monoisotopic (exact) mass is 299 g/mol. The Morgan fingerprint density at radius 2 is 1.48 bits per heavy atom. The van der Waals surface area contributed by atoms with Crippen LogP contribution in [0.3, 0.4) is 0 Å². The summed E-state index contributed by atoms with van der Waals surface area (Å²) in [6, 6.07) is 15.8. The number of benzene rings is 2. The second-order valence-electron chi connectivity index (χ2n) is 4.49. The molecule has 0 radical (unpaired) electrons. The van der Waals surface area contributed by atoms with Gasteiger partial charge in [0.25, 0.3) is 0 Å². The van der Waals surface area contributed by atoms with Crippen LogP contribution in [0.5, 0.6) is 0 Å². The van der Waals surface area contributed by atoms with Crippen LogP contribution in [0.15, 0.2) is 65.6 Å². The summed E-state index contributed by atoms with van der Waals surface area (Å²) in [6.07, 6.45) is 3.10. The molecule has 21 heavy (non-hydrogen) atoms. The molecule has 0 N–H and O–H groups in total. The lowest BCUT2D eigenvalue weighted by atomic mass is 10.3. The normalized spacial score (nSPS) is 12.2. The van der Waals surface area contributed by atoms with Crippen LogP contribution in [0.1, 0.15) is 0 Å². The Morgan fingerprint density at radius 1 is 0.905 bits per heavy atom. The van der Waals surface area contributed by atoms with Gasteiger partial charge < -0.3 is 0 Å². The lowest BCUT2D eigenvalue weighted by molar-refractivity contribution is 0.599. The molecule has 0 atom stereocenters. The highest BCUT2D eigenvalue weighted by molar-refractivity contribution is 7.91. The van der Waals surface area contributed by atoms with Gasteiger partial charge in [-0.05, 0) is 30.3 Å². The minimum Gasteiger partial charge on any atom is -0.223 e. The molecule has 0 aliphatic rings. The lowest BCUT2D eigenvalue weighted by Gasteiger charge is -1.99. The fourth-order valence-electron chi connectivity index (χ4n) is 1.93. The number of rotatable bonds is 4. The zero-order valence-electron chi connectivity index (χ0n) is 11.1. The molecule has 0 saturated carbocycles. The SMILES string of the molecule is O=S(=O)(CC=Cn1nc2ccccc2n1)c1ccccc1. The van der Waals surface area contributed by atoms with Crippen LogP contribution in [-0.2, 0) is 9.84 Å². The van der Waals surface area contributed by atoms with E-state index in [9.17, 15) is 8.42 Å². The first-order valence-corrected chi connectivity index (χ1v) is 8.06. The van der Waals surface area contributed by atoms with Gasteiger partial charge in [0.2, 0.25) is 0 Å². The summed E-state index contributed by atoms with van der Waals surface area (Å²) in [6.45, 7) is 0. The molecule has 5 nitrogen and oxygen atoms in total. The third kappa shape index (κ3) is 3.00. The van der Waals surface area contributed by atoms with Crippen LogP contribution < -0.4 is 0 Å². The molecule has 0 unspecified atom stereocenters. The maximum Gasteiger partial charge on any atom is 0.181 e. The smallest absolute Gasteiger partial charge is 0.181 e. The summed E-state index contributed by atoms with van der Waals surface area (Å²) < 4.78 is 24.2. The zero-order chi connectivity index (χ0) is 14.7. The van der Waals surface area contributed by atoms with Crippen molar-refractivity contribution in [3.05, 3.63) is 60.7 Å². The van der Waals surface area contributed by atoms with Gasteiger partial charge in [0.1, 0.15) is 11.0 Å². The van der Waals surface area contributed by atoms with E-state index in [0.717, 1.165) is 11.0 Å². The minimum absolute atomic E-state index is 0.0884. The predicted molar refractivity (Wildman–Crippen MR) is 81.4 cm³/mol. The lowest BCUT2D eigenvalue weighted by Crippen LogP contribution is -2.04. The molecule has 0 fully saturated rings. The van der Waals surface area contributed by atoms with Crippen molar-refractivity contribution in [2.45, 2.75) is 4.90 Å². The van der Waals surface area contributed by atoms with Gasteiger partial charge in [-0.2, -0.15) is 4.80 Å². The number of aromatic nitrogens is 3. The maximum absolute atomic E-state index is 12.1. The molecule has 0 aliphatic heterocycles. The van der Waals surface area contributed by atoms with E-state index in [1.807, 2.05) is 24.3 Å². The minimum atomic E-state index is -3.32. The number of sulfone groups is 1. The summed E-state index contributed by atoms with van der Waals surface area (Å²) in [4.78, 5) is 1.69. The first-order chi connectivity index (χ1) is 10.1. The molecular formula is C15H13N3O2S. The van der Waals surface area contributed by atoms with E-state index in [4.69, 9.17) is 0 Å². The molecule has 0 amide bonds. The molecule has 0 aliphatic carbocycles. The second kappa shape index (κ2) is 5.49. The predicted octanol–water partition coefficient (Wildman–Crippen LogP) is 2.38. The number of hydrogen-bond donors (Lipinski definition) is 0. The zero-order valence-corrected chi connectivity index (χ0v) is 11.9. The summed E-state index contributed by atoms with van der Waals surface area (Å²) in [5.74, 6) is -0.0884. The Hall–Kier alpha value is -2.47. The highest BCUT2D eigenvalue weighted by atomic mass is 32.2. The maximum atomic E-state index is 12.1. The Kier molecular flexibility index (Phi) is 3.53. The van der Waals surface area contributed by atoms with E-state index in [1.165, 1.54) is 4.80 Å². The molecular weight excluding hydrogens is 286 g/mol. The Bertz CT molecular complexity index is 850. The van der Waals surface area contributed by atoms with Crippen molar-refractivity contribution in [1.82, 2.24) is 15.0 Å². The first-order valence-electron chi connectivity index (χ1n) is 6.41. The van der Waals surface area contributed by atoms with Gasteiger partial charge in [0, 0.05) is 6.20 Å². The first kappa shape index (κ1) is 13.5. The van der Waals surface area contributed by atoms with E-state index >= 15 is 0 Å². The van der Waals surface area contributed by atoms with Crippen molar-refractivity contribution in [2.75, 3.05) is 5.75 Å². The van der Waals surface area contributed by atoms with Gasteiger partial charge in [-0.25, -0.2) is 8.42 Å². The number of fused-ring (bicyclic) bond motifs is 1. The Balaban J connectivity index is 1.78. The van der Waals surface area contributed by atoms with Gasteiger partial charge in [-0.1, -0.05) is 30.3 Å². The van der Waals surface area contributed by atoms with Crippen molar-refractivity contribution >= 4 is 27.1 Å². The van der Waals surface area contributed by atoms with E-state index in [2.05, 4.69) is 10.2 Å². The summed E-state index contributed by atoms with van der Waals surface area (Å²) >= 11 is 0. The van der Waals surface area contributed by atoms with Crippen molar-refractivity contribution in [3.8, 4) is 0 Å². The van der Waals surface area contributed by atoms with Crippen LogP contribution in [0.2, 0.25) is 0 Å². The number of nitrogens with zero attached hydrogens (tertiary/aromatic N) is 3. The molecule has 0 saturated heterocycles. The van der Waals surface area contributed by atoms with Crippen LogP contribution >= 0.6 is 0 Å². The van der Waals surface area contributed by atoms with Crippen molar-refractivity contribution in [3.63, 3.8) is 0 Å². The number of hydrogen-bond acceptors (Lipinski definition) is 4. The summed E-state index contributed by atoms with van der Waals surface area (Å²) in [5.41, 5.74) is 1.54. The van der Waals surface area contributed by atoms with Gasteiger partial charge in [-0.15, -0.1) is 10.2 Å². The molecule has 106 valence electrons. The van der Waals surface area contributed by atoms with Crippen molar-refractivity contribution in [2.24, 2.45) is 0 Å². The summed E-state index contributed by atoms with van der Waals surface area (Å²) in [7, 11) is -3.32. The quantitative estimate of drug-likeness (QED) is 0.742. The highest BCUT2D eigenvalue weighted by Gasteiger charge is 2.11. The van der Waals surface area contributed by atoms with Gasteiger partial charge >= 0.3 is 0 Å². The topological polar surface area (TPSA) is 64.8 Å². The third-order valence-corrected chi connectivity index (χ3v) is 4.58. The van der Waals surface area contributed by atoms with Crippen molar-refractivity contribution in [1.29, 1.82) is 0 Å². The van der Waals surface area contributed by atoms with E-state index in [0.29, 0.717) is 4.90 Å². The molecule has 0 bridgehead atoms.